The van der Waals surface area contributed by atoms with E-state index in [-0.39, 0.29) is 17.8 Å². The van der Waals surface area contributed by atoms with Gasteiger partial charge in [0, 0.05) is 16.7 Å². The molecule has 0 bridgehead atoms. The van der Waals surface area contributed by atoms with Crippen molar-refractivity contribution in [1.82, 2.24) is 14.8 Å². The Bertz CT molecular complexity index is 1040. The fourth-order valence-electron chi connectivity index (χ4n) is 2.84. The first kappa shape index (κ1) is 22.7. The molecule has 0 saturated heterocycles. The molecule has 3 aromatic rings. The van der Waals surface area contributed by atoms with Crippen LogP contribution in [0.2, 0.25) is 5.02 Å². The topological polar surface area (TPSA) is 69.0 Å². The van der Waals surface area contributed by atoms with Gasteiger partial charge in [0.15, 0.2) is 17.1 Å². The highest BCUT2D eigenvalue weighted by Crippen LogP contribution is 2.29. The Morgan fingerprint density at radius 2 is 2.07 bits per heavy atom. The molecule has 0 fully saturated rings. The number of aryl methyl sites for hydroxylation is 1. The molecule has 0 aliphatic carbocycles. The molecule has 30 heavy (non-hydrogen) atoms. The molecular formula is C21H22BrClN4O2S. The van der Waals surface area contributed by atoms with Crippen LogP contribution in [0.4, 0.5) is 5.69 Å². The molecule has 1 heterocycles. The van der Waals surface area contributed by atoms with Crippen molar-refractivity contribution in [3.63, 3.8) is 0 Å². The Kier molecular flexibility index (Phi) is 7.80. The maximum atomic E-state index is 12.4. The molecule has 6 nitrogen and oxygen atoms in total. The van der Waals surface area contributed by atoms with E-state index in [9.17, 15) is 4.79 Å². The number of ether oxygens (including phenoxy) is 1. The molecule has 1 N–H and O–H groups in total. The molecule has 1 atom stereocenters. The number of hydrogen-bond acceptors (Lipinski definition) is 5. The number of carbonyl (C=O) groups is 1. The van der Waals surface area contributed by atoms with Gasteiger partial charge in [-0.1, -0.05) is 51.4 Å². The maximum Gasteiger partial charge on any atom is 0.234 e. The fraction of sp³-hybridized carbons (Fsp3) is 0.286. The predicted molar refractivity (Wildman–Crippen MR) is 124 cm³/mol. The number of anilines is 1. The van der Waals surface area contributed by atoms with Crippen molar-refractivity contribution < 1.29 is 9.53 Å². The predicted octanol–water partition coefficient (Wildman–Crippen LogP) is 5.89. The number of rotatable bonds is 8. The highest BCUT2D eigenvalue weighted by molar-refractivity contribution is 9.10. The number of para-hydroxylation sites is 1. The smallest absolute Gasteiger partial charge is 0.234 e. The van der Waals surface area contributed by atoms with Gasteiger partial charge in [-0.25, -0.2) is 0 Å². The van der Waals surface area contributed by atoms with Gasteiger partial charge in [0.05, 0.1) is 10.8 Å². The molecule has 0 spiro atoms. The lowest BCUT2D eigenvalue weighted by molar-refractivity contribution is -0.113. The highest BCUT2D eigenvalue weighted by atomic mass is 79.9. The quantitative estimate of drug-likeness (QED) is 0.383. The molecule has 9 heteroatoms. The first-order valence-electron chi connectivity index (χ1n) is 9.42. The number of nitrogens with one attached hydrogen (secondary N) is 1. The minimum atomic E-state index is -0.341. The van der Waals surface area contributed by atoms with Gasteiger partial charge in [0.2, 0.25) is 5.91 Å². The van der Waals surface area contributed by atoms with Crippen LogP contribution in [0.3, 0.4) is 0 Å². The second kappa shape index (κ2) is 10.3. The van der Waals surface area contributed by atoms with Gasteiger partial charge in [-0.05, 0) is 56.7 Å². The summed E-state index contributed by atoms with van der Waals surface area (Å²) in [5.74, 6) is 1.40. The number of aromatic nitrogens is 3. The number of nitrogens with zero attached hydrogens (tertiary/aromatic N) is 3. The van der Waals surface area contributed by atoms with E-state index in [0.717, 1.165) is 15.7 Å². The van der Waals surface area contributed by atoms with Gasteiger partial charge < -0.3 is 14.6 Å². The number of benzene rings is 2. The number of thioether (sulfide) groups is 1. The first-order chi connectivity index (χ1) is 14.4. The van der Waals surface area contributed by atoms with Crippen molar-refractivity contribution in [2.45, 2.75) is 38.6 Å². The van der Waals surface area contributed by atoms with E-state index in [1.54, 1.807) is 6.07 Å². The summed E-state index contributed by atoms with van der Waals surface area (Å²) in [4.78, 5) is 12.4. The number of halogens is 2. The third-order valence-corrected chi connectivity index (χ3v) is 6.51. The van der Waals surface area contributed by atoms with Crippen LogP contribution in [0.15, 0.2) is 52.1 Å². The van der Waals surface area contributed by atoms with Crippen molar-refractivity contribution in [1.29, 1.82) is 0 Å². The van der Waals surface area contributed by atoms with Gasteiger partial charge in [-0.2, -0.15) is 0 Å². The number of carbonyl (C=O) groups excluding carboxylic acids is 1. The number of amides is 1. The summed E-state index contributed by atoms with van der Waals surface area (Å²) >= 11 is 11.0. The van der Waals surface area contributed by atoms with E-state index >= 15 is 0 Å². The van der Waals surface area contributed by atoms with Crippen molar-refractivity contribution >= 4 is 50.9 Å². The summed E-state index contributed by atoms with van der Waals surface area (Å²) < 4.78 is 8.92. The molecule has 0 saturated carbocycles. The third-order valence-electron chi connectivity index (χ3n) is 4.34. The largest absolute Gasteiger partial charge is 0.481 e. The van der Waals surface area contributed by atoms with Crippen molar-refractivity contribution in [3.05, 3.63) is 63.3 Å². The van der Waals surface area contributed by atoms with E-state index in [2.05, 4.69) is 31.4 Å². The van der Waals surface area contributed by atoms with E-state index in [1.807, 2.05) is 61.7 Å². The SMILES string of the molecule is CCn1c(SCC(=O)Nc2ccc(Br)c(C)c2)nnc1[C@@H](C)Oc1ccccc1Cl. The molecule has 1 amide bonds. The number of hydrogen-bond donors (Lipinski definition) is 1. The van der Waals surface area contributed by atoms with Crippen molar-refractivity contribution in [3.8, 4) is 5.75 Å². The average molecular weight is 510 g/mol. The van der Waals surface area contributed by atoms with E-state index in [1.165, 1.54) is 11.8 Å². The van der Waals surface area contributed by atoms with Crippen LogP contribution >= 0.6 is 39.3 Å². The van der Waals surface area contributed by atoms with Gasteiger partial charge in [0.25, 0.3) is 0 Å². The monoisotopic (exact) mass is 508 g/mol. The molecule has 2 aromatic carbocycles. The molecule has 0 radical (unpaired) electrons. The fourth-order valence-corrected chi connectivity index (χ4v) is 4.07. The average Bonchev–Trinajstić information content (AvgIpc) is 3.14. The normalized spacial score (nSPS) is 11.9. The van der Waals surface area contributed by atoms with Crippen LogP contribution in [0.1, 0.15) is 31.3 Å². The van der Waals surface area contributed by atoms with Crippen LogP contribution in [-0.2, 0) is 11.3 Å². The standard InChI is InChI=1S/C21H22BrClN4O2S/c1-4-27-20(14(3)29-18-8-6-5-7-17(18)23)25-26-21(27)30-12-19(28)24-15-9-10-16(22)13(2)11-15/h5-11,14H,4,12H2,1-3H3,(H,24,28)/t14-/m1/s1. The lowest BCUT2D eigenvalue weighted by Gasteiger charge is -2.16. The molecular weight excluding hydrogens is 488 g/mol. The molecule has 0 aliphatic rings. The Balaban J connectivity index is 1.64. The minimum absolute atomic E-state index is 0.103. The van der Waals surface area contributed by atoms with Gasteiger partial charge in [0.1, 0.15) is 5.75 Å². The molecule has 3 rings (SSSR count). The van der Waals surface area contributed by atoms with Crippen LogP contribution in [-0.4, -0.2) is 26.4 Å². The Morgan fingerprint density at radius 3 is 2.77 bits per heavy atom. The Morgan fingerprint density at radius 1 is 1.30 bits per heavy atom. The molecule has 0 aliphatic heterocycles. The van der Waals surface area contributed by atoms with E-state index < -0.39 is 0 Å². The Hall–Kier alpha value is -2.03. The van der Waals surface area contributed by atoms with E-state index in [4.69, 9.17) is 16.3 Å². The third kappa shape index (κ3) is 5.56. The molecule has 158 valence electrons. The molecule has 1 aromatic heterocycles. The Labute approximate surface area is 193 Å². The van der Waals surface area contributed by atoms with Crippen molar-refractivity contribution in [2.75, 3.05) is 11.1 Å². The summed E-state index contributed by atoms with van der Waals surface area (Å²) in [6.45, 7) is 6.54. The van der Waals surface area contributed by atoms with Crippen LogP contribution in [0.25, 0.3) is 0 Å². The highest BCUT2D eigenvalue weighted by Gasteiger charge is 2.20. The zero-order valence-electron chi connectivity index (χ0n) is 16.9. The molecule has 0 unspecified atom stereocenters. The second-order valence-electron chi connectivity index (χ2n) is 6.58. The van der Waals surface area contributed by atoms with Gasteiger partial charge >= 0.3 is 0 Å². The van der Waals surface area contributed by atoms with Crippen molar-refractivity contribution in [2.24, 2.45) is 0 Å². The summed E-state index contributed by atoms with van der Waals surface area (Å²) in [6, 6.07) is 13.0. The zero-order chi connectivity index (χ0) is 21.7. The van der Waals surface area contributed by atoms with Gasteiger partial charge in [-0.15, -0.1) is 10.2 Å². The zero-order valence-corrected chi connectivity index (χ0v) is 20.0. The second-order valence-corrected chi connectivity index (χ2v) is 8.78. The maximum absolute atomic E-state index is 12.4. The lowest BCUT2D eigenvalue weighted by atomic mass is 10.2. The minimum Gasteiger partial charge on any atom is -0.481 e. The van der Waals surface area contributed by atoms with E-state index in [0.29, 0.717) is 28.3 Å². The van der Waals surface area contributed by atoms with Gasteiger partial charge in [-0.3, -0.25) is 4.79 Å². The summed E-state index contributed by atoms with van der Waals surface area (Å²) in [5, 5.41) is 12.7. The summed E-state index contributed by atoms with van der Waals surface area (Å²) in [6.07, 6.45) is -0.341. The first-order valence-corrected chi connectivity index (χ1v) is 11.6. The van der Waals surface area contributed by atoms with Crippen LogP contribution in [0, 0.1) is 6.92 Å². The summed E-state index contributed by atoms with van der Waals surface area (Å²) in [7, 11) is 0. The summed E-state index contributed by atoms with van der Waals surface area (Å²) in [5.41, 5.74) is 1.82. The lowest BCUT2D eigenvalue weighted by Crippen LogP contribution is -2.15. The van der Waals surface area contributed by atoms with Crippen LogP contribution in [0.5, 0.6) is 5.75 Å². The van der Waals surface area contributed by atoms with Crippen LogP contribution < -0.4 is 10.1 Å².